The molecular formula is C14H15FN2OS. The Balaban J connectivity index is 2.06. The van der Waals surface area contributed by atoms with E-state index < -0.39 is 5.91 Å². The lowest BCUT2D eigenvalue weighted by molar-refractivity contribution is 0.1000. The predicted octanol–water partition coefficient (Wildman–Crippen LogP) is 2.84. The molecule has 0 saturated carbocycles. The van der Waals surface area contributed by atoms with E-state index in [4.69, 9.17) is 5.73 Å². The third kappa shape index (κ3) is 3.39. The van der Waals surface area contributed by atoms with Gasteiger partial charge in [-0.1, -0.05) is 6.07 Å². The summed E-state index contributed by atoms with van der Waals surface area (Å²) in [5.74, 6) is -0.886. The normalized spacial score (nSPS) is 12.3. The smallest absolute Gasteiger partial charge is 0.248 e. The minimum Gasteiger partial charge on any atom is -0.366 e. The third-order valence-electron chi connectivity index (χ3n) is 2.90. The van der Waals surface area contributed by atoms with Crippen molar-refractivity contribution in [2.75, 3.05) is 0 Å². The number of hydrogen-bond donors (Lipinski definition) is 2. The SMILES string of the molecule is CC(NCc1cc(C(N)=O)ccc1F)c1cccs1. The van der Waals surface area contributed by atoms with E-state index in [9.17, 15) is 9.18 Å². The van der Waals surface area contributed by atoms with Crippen LogP contribution >= 0.6 is 11.3 Å². The van der Waals surface area contributed by atoms with Crippen molar-refractivity contribution in [3.05, 3.63) is 57.5 Å². The molecule has 0 bridgehead atoms. The Morgan fingerprint density at radius 1 is 1.47 bits per heavy atom. The Labute approximate surface area is 115 Å². The number of amides is 1. The summed E-state index contributed by atoms with van der Waals surface area (Å²) in [6.07, 6.45) is 0. The van der Waals surface area contributed by atoms with Gasteiger partial charge in [-0.05, 0) is 36.6 Å². The maximum absolute atomic E-state index is 13.6. The molecule has 2 aromatic rings. The average molecular weight is 278 g/mol. The fourth-order valence-electron chi connectivity index (χ4n) is 1.76. The number of primary amides is 1. The standard InChI is InChI=1S/C14H15FN2OS/c1-9(13-3-2-6-19-13)17-8-11-7-10(14(16)18)4-5-12(11)15/h2-7,9,17H,8H2,1H3,(H2,16,18). The molecule has 3 nitrogen and oxygen atoms in total. The van der Waals surface area contributed by atoms with Crippen LogP contribution in [0.2, 0.25) is 0 Å². The van der Waals surface area contributed by atoms with Gasteiger partial charge in [0.05, 0.1) is 0 Å². The molecule has 0 spiro atoms. The average Bonchev–Trinajstić information content (AvgIpc) is 2.91. The van der Waals surface area contributed by atoms with Gasteiger partial charge in [0.1, 0.15) is 5.82 Å². The van der Waals surface area contributed by atoms with E-state index in [0.29, 0.717) is 17.7 Å². The minimum atomic E-state index is -0.549. The summed E-state index contributed by atoms with van der Waals surface area (Å²) in [7, 11) is 0. The largest absolute Gasteiger partial charge is 0.366 e. The monoisotopic (exact) mass is 278 g/mol. The number of hydrogen-bond acceptors (Lipinski definition) is 3. The van der Waals surface area contributed by atoms with Gasteiger partial charge in [-0.25, -0.2) is 4.39 Å². The van der Waals surface area contributed by atoms with Crippen LogP contribution in [0.25, 0.3) is 0 Å². The number of halogens is 1. The topological polar surface area (TPSA) is 55.1 Å². The van der Waals surface area contributed by atoms with E-state index in [1.54, 1.807) is 11.3 Å². The van der Waals surface area contributed by atoms with Crippen LogP contribution in [0.15, 0.2) is 35.7 Å². The van der Waals surface area contributed by atoms with Crippen LogP contribution in [-0.2, 0) is 6.54 Å². The number of benzene rings is 1. The van der Waals surface area contributed by atoms with Gasteiger partial charge in [-0.2, -0.15) is 0 Å². The number of nitrogens with one attached hydrogen (secondary N) is 1. The van der Waals surface area contributed by atoms with E-state index in [1.165, 1.54) is 23.1 Å². The zero-order valence-electron chi connectivity index (χ0n) is 10.5. The van der Waals surface area contributed by atoms with Crippen molar-refractivity contribution in [1.29, 1.82) is 0 Å². The maximum atomic E-state index is 13.6. The fourth-order valence-corrected chi connectivity index (χ4v) is 2.52. The Morgan fingerprint density at radius 2 is 2.26 bits per heavy atom. The predicted molar refractivity (Wildman–Crippen MR) is 74.5 cm³/mol. The molecule has 1 aromatic heterocycles. The number of carbonyl (C=O) groups is 1. The number of carbonyl (C=O) groups excluding carboxylic acids is 1. The highest BCUT2D eigenvalue weighted by Crippen LogP contribution is 2.19. The highest BCUT2D eigenvalue weighted by atomic mass is 32.1. The first kappa shape index (κ1) is 13.7. The van der Waals surface area contributed by atoms with Crippen LogP contribution in [0.3, 0.4) is 0 Å². The van der Waals surface area contributed by atoms with E-state index in [2.05, 4.69) is 5.32 Å². The molecule has 1 unspecified atom stereocenters. The first-order valence-electron chi connectivity index (χ1n) is 5.93. The molecule has 19 heavy (non-hydrogen) atoms. The fraction of sp³-hybridized carbons (Fsp3) is 0.214. The van der Waals surface area contributed by atoms with E-state index in [1.807, 2.05) is 24.4 Å². The molecule has 0 fully saturated rings. The first-order chi connectivity index (χ1) is 9.08. The van der Waals surface area contributed by atoms with Gasteiger partial charge in [0, 0.05) is 28.6 Å². The summed E-state index contributed by atoms with van der Waals surface area (Å²) >= 11 is 1.65. The van der Waals surface area contributed by atoms with Gasteiger partial charge in [0.2, 0.25) is 5.91 Å². The molecule has 0 radical (unpaired) electrons. The zero-order valence-corrected chi connectivity index (χ0v) is 11.3. The second-order valence-corrected chi connectivity index (χ2v) is 5.27. The van der Waals surface area contributed by atoms with Gasteiger partial charge >= 0.3 is 0 Å². The van der Waals surface area contributed by atoms with Gasteiger partial charge in [-0.3, -0.25) is 4.79 Å². The molecule has 3 N–H and O–H groups in total. The van der Waals surface area contributed by atoms with E-state index in [-0.39, 0.29) is 11.9 Å². The summed E-state index contributed by atoms with van der Waals surface area (Å²) in [6.45, 7) is 2.37. The van der Waals surface area contributed by atoms with Gasteiger partial charge in [0.25, 0.3) is 0 Å². The lowest BCUT2D eigenvalue weighted by Gasteiger charge is -2.13. The van der Waals surface area contributed by atoms with Gasteiger partial charge in [0.15, 0.2) is 0 Å². The molecule has 2 rings (SSSR count). The molecule has 0 aliphatic rings. The van der Waals surface area contributed by atoms with Crippen molar-refractivity contribution < 1.29 is 9.18 Å². The number of rotatable bonds is 5. The van der Waals surface area contributed by atoms with Crippen molar-refractivity contribution in [2.45, 2.75) is 19.5 Å². The lowest BCUT2D eigenvalue weighted by atomic mass is 10.1. The Morgan fingerprint density at radius 3 is 2.89 bits per heavy atom. The number of thiophene rings is 1. The highest BCUT2D eigenvalue weighted by molar-refractivity contribution is 7.10. The summed E-state index contributed by atoms with van der Waals surface area (Å²) in [6, 6.07) is 8.30. The summed E-state index contributed by atoms with van der Waals surface area (Å²) < 4.78 is 13.6. The second kappa shape index (κ2) is 5.95. The van der Waals surface area contributed by atoms with Crippen molar-refractivity contribution >= 4 is 17.2 Å². The molecule has 1 amide bonds. The molecular weight excluding hydrogens is 263 g/mol. The molecule has 1 atom stereocenters. The van der Waals surface area contributed by atoms with E-state index in [0.717, 1.165) is 0 Å². The minimum absolute atomic E-state index is 0.136. The Bertz CT molecular complexity index is 569. The lowest BCUT2D eigenvalue weighted by Crippen LogP contribution is -2.19. The van der Waals surface area contributed by atoms with Crippen LogP contribution in [-0.4, -0.2) is 5.91 Å². The Hall–Kier alpha value is -1.72. The first-order valence-corrected chi connectivity index (χ1v) is 6.81. The van der Waals surface area contributed by atoms with Crippen LogP contribution < -0.4 is 11.1 Å². The molecule has 1 aromatic carbocycles. The summed E-state index contributed by atoms with van der Waals surface area (Å²) in [4.78, 5) is 12.3. The van der Waals surface area contributed by atoms with Crippen molar-refractivity contribution in [1.82, 2.24) is 5.32 Å². The van der Waals surface area contributed by atoms with Crippen LogP contribution in [0.1, 0.15) is 33.8 Å². The zero-order chi connectivity index (χ0) is 13.8. The van der Waals surface area contributed by atoms with Crippen LogP contribution in [0.4, 0.5) is 4.39 Å². The van der Waals surface area contributed by atoms with Crippen molar-refractivity contribution in [2.24, 2.45) is 5.73 Å². The summed E-state index contributed by atoms with van der Waals surface area (Å²) in [5, 5.41) is 5.23. The second-order valence-electron chi connectivity index (χ2n) is 4.29. The number of nitrogens with two attached hydrogens (primary N) is 1. The van der Waals surface area contributed by atoms with Crippen LogP contribution in [0, 0.1) is 5.82 Å². The quantitative estimate of drug-likeness (QED) is 0.883. The summed E-state index contributed by atoms with van der Waals surface area (Å²) in [5.41, 5.74) is 5.95. The third-order valence-corrected chi connectivity index (χ3v) is 3.95. The van der Waals surface area contributed by atoms with Gasteiger partial charge in [-0.15, -0.1) is 11.3 Å². The molecule has 1 heterocycles. The maximum Gasteiger partial charge on any atom is 0.248 e. The van der Waals surface area contributed by atoms with Crippen molar-refractivity contribution in [3.63, 3.8) is 0 Å². The molecule has 0 aliphatic carbocycles. The molecule has 100 valence electrons. The van der Waals surface area contributed by atoms with Crippen LogP contribution in [0.5, 0.6) is 0 Å². The highest BCUT2D eigenvalue weighted by Gasteiger charge is 2.10. The molecule has 0 saturated heterocycles. The molecule has 0 aliphatic heterocycles. The van der Waals surface area contributed by atoms with Crippen molar-refractivity contribution in [3.8, 4) is 0 Å². The van der Waals surface area contributed by atoms with E-state index >= 15 is 0 Å². The Kier molecular flexibility index (Phi) is 4.29. The van der Waals surface area contributed by atoms with Gasteiger partial charge < -0.3 is 11.1 Å². The molecule has 5 heteroatoms.